The van der Waals surface area contributed by atoms with Gasteiger partial charge >= 0.3 is 0 Å². The highest BCUT2D eigenvalue weighted by atomic mass is 35.5. The van der Waals surface area contributed by atoms with E-state index in [9.17, 15) is 4.79 Å². The molecule has 0 heterocycles. The third-order valence-electron chi connectivity index (χ3n) is 2.59. The van der Waals surface area contributed by atoms with Crippen molar-refractivity contribution in [2.75, 3.05) is 5.06 Å². The fraction of sp³-hybridized carbons (Fsp3) is 0.133. The maximum absolute atomic E-state index is 11.7. The van der Waals surface area contributed by atoms with Crippen LogP contribution in [0.3, 0.4) is 0 Å². The molecule has 0 N–H and O–H groups in total. The molecule has 0 saturated carbocycles. The Bertz CT molecular complexity index is 573. The summed E-state index contributed by atoms with van der Waals surface area (Å²) in [6, 6.07) is 17.8. The minimum atomic E-state index is -1.65. The Hall–Kier alpha value is -1.55. The quantitative estimate of drug-likeness (QED) is 0.624. The SMILES string of the molecule is CC(=O)N(OC(Cl)(Cl)c1ccccc1)c1ccccc1. The van der Waals surface area contributed by atoms with Gasteiger partial charge in [-0.25, -0.2) is 4.84 Å². The number of hydroxylamine groups is 1. The lowest BCUT2D eigenvalue weighted by Gasteiger charge is -2.28. The van der Waals surface area contributed by atoms with Crippen molar-refractivity contribution in [2.45, 2.75) is 11.4 Å². The number of nitrogens with zero attached hydrogens (tertiary/aromatic N) is 1. The smallest absolute Gasteiger partial charge is 0.268 e. The van der Waals surface area contributed by atoms with E-state index in [1.807, 2.05) is 12.1 Å². The van der Waals surface area contributed by atoms with Crippen molar-refractivity contribution < 1.29 is 9.63 Å². The van der Waals surface area contributed by atoms with Gasteiger partial charge < -0.3 is 0 Å². The molecule has 0 radical (unpaired) electrons. The van der Waals surface area contributed by atoms with Crippen LogP contribution in [-0.2, 0) is 14.2 Å². The van der Waals surface area contributed by atoms with Gasteiger partial charge in [-0.15, -0.1) is 0 Å². The lowest BCUT2D eigenvalue weighted by molar-refractivity contribution is -0.125. The van der Waals surface area contributed by atoms with E-state index in [1.165, 1.54) is 6.92 Å². The van der Waals surface area contributed by atoms with Crippen LogP contribution in [0, 0.1) is 0 Å². The van der Waals surface area contributed by atoms with Gasteiger partial charge in [0.25, 0.3) is 4.52 Å². The number of amides is 1. The van der Waals surface area contributed by atoms with Crippen molar-refractivity contribution >= 4 is 34.8 Å². The standard InChI is InChI=1S/C15H13Cl2NO2/c1-12(19)18(14-10-6-3-7-11-14)20-15(16,17)13-8-4-2-5-9-13/h2-11H,1H3. The van der Waals surface area contributed by atoms with Gasteiger partial charge in [-0.3, -0.25) is 4.79 Å². The van der Waals surface area contributed by atoms with Crippen molar-refractivity contribution in [3.63, 3.8) is 0 Å². The summed E-state index contributed by atoms with van der Waals surface area (Å²) >= 11 is 12.4. The molecule has 2 aromatic rings. The highest BCUT2D eigenvalue weighted by molar-refractivity contribution is 6.46. The number of para-hydroxylation sites is 1. The van der Waals surface area contributed by atoms with Gasteiger partial charge in [-0.1, -0.05) is 71.7 Å². The summed E-state index contributed by atoms with van der Waals surface area (Å²) in [4.78, 5) is 17.2. The maximum atomic E-state index is 11.7. The van der Waals surface area contributed by atoms with Crippen LogP contribution in [0.1, 0.15) is 12.5 Å². The largest absolute Gasteiger partial charge is 0.273 e. The molecule has 0 aromatic heterocycles. The third kappa shape index (κ3) is 3.51. The van der Waals surface area contributed by atoms with Crippen LogP contribution < -0.4 is 5.06 Å². The second kappa shape index (κ2) is 6.27. The highest BCUT2D eigenvalue weighted by Gasteiger charge is 2.32. The number of carbonyl (C=O) groups is 1. The van der Waals surface area contributed by atoms with Gasteiger partial charge in [-0.2, -0.15) is 5.06 Å². The molecule has 2 aromatic carbocycles. The summed E-state index contributed by atoms with van der Waals surface area (Å²) in [6.45, 7) is 1.38. The second-order valence-electron chi connectivity index (χ2n) is 4.12. The molecule has 20 heavy (non-hydrogen) atoms. The van der Waals surface area contributed by atoms with Crippen LogP contribution in [0.4, 0.5) is 5.69 Å². The molecule has 0 atom stereocenters. The number of benzene rings is 2. The number of hydrogen-bond acceptors (Lipinski definition) is 2. The van der Waals surface area contributed by atoms with Gasteiger partial charge in [0.1, 0.15) is 0 Å². The van der Waals surface area contributed by atoms with Crippen molar-refractivity contribution in [3.8, 4) is 0 Å². The predicted molar refractivity (Wildman–Crippen MR) is 80.5 cm³/mol. The van der Waals surface area contributed by atoms with Crippen LogP contribution in [0.2, 0.25) is 0 Å². The normalized spacial score (nSPS) is 11.2. The topological polar surface area (TPSA) is 29.5 Å². The first-order valence-corrected chi connectivity index (χ1v) is 6.74. The average molecular weight is 310 g/mol. The van der Waals surface area contributed by atoms with Crippen LogP contribution in [0.15, 0.2) is 60.7 Å². The van der Waals surface area contributed by atoms with E-state index in [0.29, 0.717) is 11.3 Å². The lowest BCUT2D eigenvalue weighted by atomic mass is 10.2. The first-order chi connectivity index (χ1) is 9.50. The number of carbonyl (C=O) groups excluding carboxylic acids is 1. The predicted octanol–water partition coefficient (Wildman–Crippen LogP) is 4.26. The molecule has 0 aliphatic carbocycles. The fourth-order valence-electron chi connectivity index (χ4n) is 1.66. The van der Waals surface area contributed by atoms with E-state index in [-0.39, 0.29) is 5.91 Å². The first-order valence-electron chi connectivity index (χ1n) is 5.99. The number of anilines is 1. The molecule has 0 aliphatic heterocycles. The fourth-order valence-corrected chi connectivity index (χ4v) is 2.05. The summed E-state index contributed by atoms with van der Waals surface area (Å²) in [5.74, 6) is -0.321. The van der Waals surface area contributed by atoms with Gasteiger partial charge in [0.2, 0.25) is 5.91 Å². The van der Waals surface area contributed by atoms with E-state index >= 15 is 0 Å². The third-order valence-corrected chi connectivity index (χ3v) is 3.17. The van der Waals surface area contributed by atoms with E-state index in [1.54, 1.807) is 48.5 Å². The summed E-state index contributed by atoms with van der Waals surface area (Å²) in [7, 11) is 0. The number of halogens is 2. The molecular formula is C15H13Cl2NO2. The molecule has 0 aliphatic rings. The monoisotopic (exact) mass is 309 g/mol. The lowest BCUT2D eigenvalue weighted by Crippen LogP contribution is -2.35. The Balaban J connectivity index is 2.27. The van der Waals surface area contributed by atoms with Crippen LogP contribution in [-0.4, -0.2) is 5.91 Å². The Kier molecular flexibility index (Phi) is 4.65. The molecule has 104 valence electrons. The van der Waals surface area contributed by atoms with Gasteiger partial charge in [0.15, 0.2) is 0 Å². The molecule has 0 saturated heterocycles. The van der Waals surface area contributed by atoms with Crippen molar-refractivity contribution in [3.05, 3.63) is 66.2 Å². The van der Waals surface area contributed by atoms with E-state index < -0.39 is 4.52 Å². The summed E-state index contributed by atoms with van der Waals surface area (Å²) in [6.07, 6.45) is 0. The summed E-state index contributed by atoms with van der Waals surface area (Å²) in [5, 5.41) is 1.08. The van der Waals surface area contributed by atoms with Gasteiger partial charge in [-0.05, 0) is 12.1 Å². The van der Waals surface area contributed by atoms with Crippen LogP contribution in [0.25, 0.3) is 0 Å². The number of hydrogen-bond donors (Lipinski definition) is 0. The van der Waals surface area contributed by atoms with Gasteiger partial charge in [0.05, 0.1) is 5.69 Å². The zero-order valence-electron chi connectivity index (χ0n) is 10.8. The molecule has 0 fully saturated rings. The molecule has 2 rings (SSSR count). The Labute approximate surface area is 127 Å². The number of rotatable bonds is 4. The van der Waals surface area contributed by atoms with E-state index in [0.717, 1.165) is 5.06 Å². The molecule has 3 nitrogen and oxygen atoms in total. The average Bonchev–Trinajstić information content (AvgIpc) is 2.46. The number of alkyl halides is 2. The van der Waals surface area contributed by atoms with Crippen LogP contribution in [0.5, 0.6) is 0 Å². The molecular weight excluding hydrogens is 297 g/mol. The summed E-state index contributed by atoms with van der Waals surface area (Å²) < 4.78 is -1.65. The summed E-state index contributed by atoms with van der Waals surface area (Å²) in [5.41, 5.74) is 1.10. The molecule has 5 heteroatoms. The zero-order valence-corrected chi connectivity index (χ0v) is 12.3. The van der Waals surface area contributed by atoms with Gasteiger partial charge in [0, 0.05) is 12.5 Å². The van der Waals surface area contributed by atoms with E-state index in [4.69, 9.17) is 28.0 Å². The maximum Gasteiger partial charge on any atom is 0.268 e. The van der Waals surface area contributed by atoms with Crippen molar-refractivity contribution in [1.29, 1.82) is 0 Å². The Morgan fingerprint density at radius 1 is 1.00 bits per heavy atom. The minimum Gasteiger partial charge on any atom is -0.273 e. The second-order valence-corrected chi connectivity index (χ2v) is 5.38. The Morgan fingerprint density at radius 3 is 2.00 bits per heavy atom. The first kappa shape index (κ1) is 14.9. The highest BCUT2D eigenvalue weighted by Crippen LogP contribution is 2.37. The Morgan fingerprint density at radius 2 is 1.50 bits per heavy atom. The van der Waals surface area contributed by atoms with Crippen molar-refractivity contribution in [2.24, 2.45) is 0 Å². The van der Waals surface area contributed by atoms with Crippen LogP contribution >= 0.6 is 23.2 Å². The van der Waals surface area contributed by atoms with E-state index in [2.05, 4.69) is 0 Å². The molecule has 0 unspecified atom stereocenters. The minimum absolute atomic E-state index is 0.321. The zero-order chi connectivity index (χ0) is 14.6. The molecule has 0 bridgehead atoms. The van der Waals surface area contributed by atoms with Crippen molar-refractivity contribution in [1.82, 2.24) is 0 Å². The molecule has 0 spiro atoms. The molecule has 1 amide bonds.